The maximum atomic E-state index is 4.54. The molecule has 0 aliphatic heterocycles. The fourth-order valence-corrected chi connectivity index (χ4v) is 3.24. The maximum absolute atomic E-state index is 4.54. The van der Waals surface area contributed by atoms with Crippen molar-refractivity contribution in [2.24, 2.45) is 0 Å². The van der Waals surface area contributed by atoms with Gasteiger partial charge in [0.25, 0.3) is 0 Å². The zero-order valence-electron chi connectivity index (χ0n) is 7.17. The van der Waals surface area contributed by atoms with Gasteiger partial charge in [-0.05, 0) is 35.6 Å². The number of fused-ring (bicyclic) bond motifs is 1. The molecule has 1 aromatic heterocycles. The van der Waals surface area contributed by atoms with Gasteiger partial charge in [0.05, 0.1) is 0 Å². The van der Waals surface area contributed by atoms with Crippen LogP contribution in [0.25, 0.3) is 10.1 Å². The van der Waals surface area contributed by atoms with Crippen LogP contribution in [0.15, 0.2) is 22.4 Å². The minimum Gasteiger partial charge on any atom is -0.144 e. The topological polar surface area (TPSA) is 0 Å². The van der Waals surface area contributed by atoms with Gasteiger partial charge in [-0.25, -0.2) is 0 Å². The highest BCUT2D eigenvalue weighted by molar-refractivity contribution is 9.08. The summed E-state index contributed by atoms with van der Waals surface area (Å²) in [4.78, 5) is 1.12. The fourth-order valence-electron chi connectivity index (χ4n) is 1.39. The molecule has 0 nitrogen and oxygen atoms in total. The lowest BCUT2D eigenvalue weighted by Gasteiger charge is -2.06. The van der Waals surface area contributed by atoms with Crippen LogP contribution >= 0.6 is 39.9 Å². The molecule has 1 heterocycles. The number of alkyl halides is 1. The molecule has 0 amide bonds. The van der Waals surface area contributed by atoms with Crippen molar-refractivity contribution in [1.82, 2.24) is 0 Å². The first-order chi connectivity index (χ1) is 6.24. The van der Waals surface area contributed by atoms with Gasteiger partial charge in [-0.1, -0.05) is 15.9 Å². The predicted octanol–water partition coefficient (Wildman–Crippen LogP) is 4.39. The molecule has 13 heavy (non-hydrogen) atoms. The van der Waals surface area contributed by atoms with Crippen molar-refractivity contribution in [1.29, 1.82) is 0 Å². The van der Waals surface area contributed by atoms with Gasteiger partial charge in [-0.3, -0.25) is 0 Å². The SMILES string of the molecule is Cc1c(CBr)cc2sccc2c1S. The lowest BCUT2D eigenvalue weighted by Crippen LogP contribution is -1.86. The third-order valence-electron chi connectivity index (χ3n) is 2.24. The summed E-state index contributed by atoms with van der Waals surface area (Å²) in [5.74, 6) is 0. The Hall–Kier alpha value is 0.01000. The fraction of sp³-hybridized carbons (Fsp3) is 0.200. The number of thiol groups is 1. The largest absolute Gasteiger partial charge is 0.144 e. The zero-order chi connectivity index (χ0) is 9.42. The summed E-state index contributed by atoms with van der Waals surface area (Å²) in [6.07, 6.45) is 0. The van der Waals surface area contributed by atoms with Crippen LogP contribution in [0.2, 0.25) is 0 Å². The molecule has 3 heteroatoms. The first-order valence-corrected chi connectivity index (χ1v) is 6.43. The number of hydrogen-bond donors (Lipinski definition) is 1. The van der Waals surface area contributed by atoms with Gasteiger partial charge in [0.1, 0.15) is 0 Å². The summed E-state index contributed by atoms with van der Waals surface area (Å²) < 4.78 is 1.32. The van der Waals surface area contributed by atoms with E-state index < -0.39 is 0 Å². The molecule has 0 radical (unpaired) electrons. The Bertz CT molecular complexity index is 445. The third-order valence-corrected chi connectivity index (χ3v) is 4.28. The van der Waals surface area contributed by atoms with E-state index in [-0.39, 0.29) is 0 Å². The third kappa shape index (κ3) is 1.53. The number of thiophene rings is 1. The summed E-state index contributed by atoms with van der Waals surface area (Å²) in [7, 11) is 0. The molecular weight excluding hydrogens is 264 g/mol. The molecule has 0 N–H and O–H groups in total. The van der Waals surface area contributed by atoms with Gasteiger partial charge in [0.15, 0.2) is 0 Å². The lowest BCUT2D eigenvalue weighted by atomic mass is 10.1. The van der Waals surface area contributed by atoms with Crippen LogP contribution in [0.3, 0.4) is 0 Å². The van der Waals surface area contributed by atoms with Crippen molar-refractivity contribution in [3.63, 3.8) is 0 Å². The average Bonchev–Trinajstić information content (AvgIpc) is 2.59. The van der Waals surface area contributed by atoms with E-state index in [9.17, 15) is 0 Å². The van der Waals surface area contributed by atoms with Crippen LogP contribution in [0.4, 0.5) is 0 Å². The Kier molecular flexibility index (Phi) is 2.67. The van der Waals surface area contributed by atoms with E-state index in [2.05, 4.69) is 53.0 Å². The molecular formula is C10H9BrS2. The quantitative estimate of drug-likeness (QED) is 0.578. The van der Waals surface area contributed by atoms with Crippen molar-refractivity contribution in [3.8, 4) is 0 Å². The van der Waals surface area contributed by atoms with Gasteiger partial charge in [-0.15, -0.1) is 24.0 Å². The predicted molar refractivity (Wildman–Crippen MR) is 66.4 cm³/mol. The van der Waals surface area contributed by atoms with E-state index in [0.29, 0.717) is 0 Å². The van der Waals surface area contributed by atoms with E-state index in [4.69, 9.17) is 0 Å². The molecule has 2 aromatic rings. The Morgan fingerprint density at radius 2 is 2.31 bits per heavy atom. The summed E-state index contributed by atoms with van der Waals surface area (Å²) in [5, 5.41) is 4.29. The second-order valence-corrected chi connectivity index (χ2v) is 4.93. The summed E-state index contributed by atoms with van der Waals surface area (Å²) in [5.41, 5.74) is 2.62. The van der Waals surface area contributed by atoms with E-state index in [1.807, 2.05) is 0 Å². The Labute approximate surface area is 95.5 Å². The van der Waals surface area contributed by atoms with E-state index >= 15 is 0 Å². The molecule has 0 aliphatic carbocycles. The second-order valence-electron chi connectivity index (χ2n) is 2.98. The molecule has 0 atom stereocenters. The van der Waals surface area contributed by atoms with Crippen LogP contribution in [0, 0.1) is 6.92 Å². The standard InChI is InChI=1S/C10H9BrS2/c1-6-7(5-11)4-9-8(10(6)12)2-3-13-9/h2-4,12H,5H2,1H3. The molecule has 68 valence electrons. The van der Waals surface area contributed by atoms with Crippen molar-refractivity contribution in [3.05, 3.63) is 28.6 Å². The van der Waals surface area contributed by atoms with Crippen LogP contribution < -0.4 is 0 Å². The summed E-state index contributed by atoms with van der Waals surface area (Å²) in [6, 6.07) is 4.37. The molecule has 0 unspecified atom stereocenters. The molecule has 0 spiro atoms. The van der Waals surface area contributed by atoms with Crippen LogP contribution in [-0.4, -0.2) is 0 Å². The lowest BCUT2D eigenvalue weighted by molar-refractivity contribution is 1.26. The number of hydrogen-bond acceptors (Lipinski definition) is 2. The van der Waals surface area contributed by atoms with Gasteiger partial charge in [0, 0.05) is 20.3 Å². The van der Waals surface area contributed by atoms with Crippen molar-refractivity contribution < 1.29 is 0 Å². The average molecular weight is 273 g/mol. The summed E-state index contributed by atoms with van der Waals surface area (Å²) in [6.45, 7) is 2.12. The highest BCUT2D eigenvalue weighted by Gasteiger charge is 2.06. The van der Waals surface area contributed by atoms with Gasteiger partial charge in [0.2, 0.25) is 0 Å². The Balaban J connectivity index is 2.83. The van der Waals surface area contributed by atoms with Crippen molar-refractivity contribution in [2.75, 3.05) is 0 Å². The Morgan fingerprint density at radius 3 is 3.00 bits per heavy atom. The highest BCUT2D eigenvalue weighted by atomic mass is 79.9. The number of halogens is 1. The normalized spacial score (nSPS) is 11.0. The zero-order valence-corrected chi connectivity index (χ0v) is 10.5. The minimum atomic E-state index is 0.903. The van der Waals surface area contributed by atoms with E-state index in [1.54, 1.807) is 11.3 Å². The maximum Gasteiger partial charge on any atom is 0.0357 e. The monoisotopic (exact) mass is 272 g/mol. The van der Waals surface area contributed by atoms with Crippen molar-refractivity contribution in [2.45, 2.75) is 17.1 Å². The molecule has 0 aliphatic rings. The molecule has 1 aromatic carbocycles. The molecule has 2 rings (SSSR count). The van der Waals surface area contributed by atoms with Crippen LogP contribution in [-0.2, 0) is 5.33 Å². The molecule has 0 bridgehead atoms. The summed E-state index contributed by atoms with van der Waals surface area (Å²) >= 11 is 9.80. The first kappa shape index (κ1) is 9.56. The molecule has 0 fully saturated rings. The highest BCUT2D eigenvalue weighted by Crippen LogP contribution is 2.32. The van der Waals surface area contributed by atoms with E-state index in [0.717, 1.165) is 10.2 Å². The minimum absolute atomic E-state index is 0.903. The number of benzene rings is 1. The number of rotatable bonds is 1. The first-order valence-electron chi connectivity index (χ1n) is 3.98. The van der Waals surface area contributed by atoms with Gasteiger partial charge < -0.3 is 0 Å². The van der Waals surface area contributed by atoms with Gasteiger partial charge in [-0.2, -0.15) is 0 Å². The molecule has 0 saturated carbocycles. The van der Waals surface area contributed by atoms with Crippen LogP contribution in [0.5, 0.6) is 0 Å². The van der Waals surface area contributed by atoms with Crippen LogP contribution in [0.1, 0.15) is 11.1 Å². The Morgan fingerprint density at radius 1 is 1.54 bits per heavy atom. The van der Waals surface area contributed by atoms with Gasteiger partial charge >= 0.3 is 0 Å². The second kappa shape index (κ2) is 3.64. The molecule has 0 saturated heterocycles. The smallest absolute Gasteiger partial charge is 0.0357 e. The van der Waals surface area contributed by atoms with E-state index in [1.165, 1.54) is 21.2 Å². The van der Waals surface area contributed by atoms with Crippen molar-refractivity contribution >= 4 is 50.0 Å².